The Hall–Kier alpha value is -0.590. The molecule has 1 saturated heterocycles. The highest BCUT2D eigenvalue weighted by Gasteiger charge is 2.19. The summed E-state index contributed by atoms with van der Waals surface area (Å²) < 4.78 is 5.63. The van der Waals surface area contributed by atoms with Crippen LogP contribution in [0.25, 0.3) is 0 Å². The van der Waals surface area contributed by atoms with Crippen LogP contribution in [0.5, 0.6) is 0 Å². The summed E-state index contributed by atoms with van der Waals surface area (Å²) in [6.45, 7) is 6.62. The van der Waals surface area contributed by atoms with Gasteiger partial charge in [-0.25, -0.2) is 0 Å². The minimum Gasteiger partial charge on any atom is -0.377 e. The topological polar surface area (TPSA) is 45.0 Å². The molecule has 1 rings (SSSR count). The van der Waals surface area contributed by atoms with E-state index < -0.39 is 0 Å². The lowest BCUT2D eigenvalue weighted by molar-refractivity contribution is 0.0542. The van der Waals surface area contributed by atoms with Crippen LogP contribution in [0.15, 0.2) is 0 Å². The smallest absolute Gasteiger partial charge is 0.0711 e. The SMILES string of the molecule is CC(C)(C#N)CCOC1CCNC1. The lowest BCUT2D eigenvalue weighted by Gasteiger charge is -2.16. The zero-order valence-electron chi connectivity index (χ0n) is 8.47. The second-order valence-corrected chi connectivity index (χ2v) is 4.23. The molecule has 1 fully saturated rings. The second kappa shape index (κ2) is 4.59. The third-order valence-corrected chi connectivity index (χ3v) is 2.40. The normalized spacial score (nSPS) is 23.0. The number of ether oxygens (including phenoxy) is 1. The summed E-state index contributed by atoms with van der Waals surface area (Å²) in [5.41, 5.74) is -0.244. The van der Waals surface area contributed by atoms with Gasteiger partial charge in [-0.05, 0) is 33.2 Å². The van der Waals surface area contributed by atoms with Crippen molar-refractivity contribution >= 4 is 0 Å². The van der Waals surface area contributed by atoms with E-state index in [0.29, 0.717) is 12.7 Å². The molecule has 0 aliphatic carbocycles. The molecule has 0 radical (unpaired) electrons. The van der Waals surface area contributed by atoms with Gasteiger partial charge in [0.1, 0.15) is 0 Å². The van der Waals surface area contributed by atoms with Crippen LogP contribution in [0.2, 0.25) is 0 Å². The van der Waals surface area contributed by atoms with Gasteiger partial charge in [-0.15, -0.1) is 0 Å². The number of hydrogen-bond donors (Lipinski definition) is 1. The number of nitrogens with zero attached hydrogens (tertiary/aromatic N) is 1. The van der Waals surface area contributed by atoms with Crippen molar-refractivity contribution in [2.24, 2.45) is 5.41 Å². The summed E-state index contributed by atoms with van der Waals surface area (Å²) in [5.74, 6) is 0. The molecule has 1 N–H and O–H groups in total. The van der Waals surface area contributed by atoms with E-state index in [-0.39, 0.29) is 5.41 Å². The van der Waals surface area contributed by atoms with Crippen LogP contribution in [0.1, 0.15) is 26.7 Å². The Labute approximate surface area is 80.1 Å². The molecule has 0 aromatic rings. The van der Waals surface area contributed by atoms with E-state index in [9.17, 15) is 0 Å². The number of nitriles is 1. The Morgan fingerprint density at radius 2 is 2.38 bits per heavy atom. The maximum atomic E-state index is 8.77. The maximum absolute atomic E-state index is 8.77. The molecule has 0 saturated carbocycles. The van der Waals surface area contributed by atoms with E-state index in [0.717, 1.165) is 25.9 Å². The van der Waals surface area contributed by atoms with Gasteiger partial charge in [0.15, 0.2) is 0 Å². The van der Waals surface area contributed by atoms with E-state index in [1.54, 1.807) is 0 Å². The van der Waals surface area contributed by atoms with Crippen LogP contribution in [0.4, 0.5) is 0 Å². The number of rotatable bonds is 4. The van der Waals surface area contributed by atoms with Gasteiger partial charge >= 0.3 is 0 Å². The first-order chi connectivity index (χ1) is 6.14. The van der Waals surface area contributed by atoms with Gasteiger partial charge in [0.25, 0.3) is 0 Å². The maximum Gasteiger partial charge on any atom is 0.0711 e. The molecule has 1 aliphatic heterocycles. The van der Waals surface area contributed by atoms with Crippen molar-refractivity contribution in [3.8, 4) is 6.07 Å². The minimum atomic E-state index is -0.244. The lowest BCUT2D eigenvalue weighted by atomic mass is 9.92. The second-order valence-electron chi connectivity index (χ2n) is 4.23. The molecule has 0 bridgehead atoms. The lowest BCUT2D eigenvalue weighted by Crippen LogP contribution is -2.20. The number of hydrogen-bond acceptors (Lipinski definition) is 3. The molecule has 13 heavy (non-hydrogen) atoms. The first-order valence-corrected chi connectivity index (χ1v) is 4.88. The quantitative estimate of drug-likeness (QED) is 0.713. The molecule has 1 unspecified atom stereocenters. The van der Waals surface area contributed by atoms with Crippen LogP contribution >= 0.6 is 0 Å². The molecule has 0 aromatic carbocycles. The largest absolute Gasteiger partial charge is 0.377 e. The van der Waals surface area contributed by atoms with Gasteiger partial charge in [-0.3, -0.25) is 0 Å². The Bertz CT molecular complexity index is 190. The molecule has 3 nitrogen and oxygen atoms in total. The Balaban J connectivity index is 2.10. The first-order valence-electron chi connectivity index (χ1n) is 4.88. The van der Waals surface area contributed by atoms with Gasteiger partial charge in [0.05, 0.1) is 17.6 Å². The highest BCUT2D eigenvalue weighted by molar-refractivity contribution is 4.91. The average molecular weight is 182 g/mol. The van der Waals surface area contributed by atoms with Crippen molar-refractivity contribution < 1.29 is 4.74 Å². The molecular weight excluding hydrogens is 164 g/mol. The molecular formula is C10H18N2O. The van der Waals surface area contributed by atoms with Crippen LogP contribution in [-0.2, 0) is 4.74 Å². The Morgan fingerprint density at radius 3 is 2.92 bits per heavy atom. The van der Waals surface area contributed by atoms with Gasteiger partial charge < -0.3 is 10.1 Å². The summed E-state index contributed by atoms with van der Waals surface area (Å²) in [6, 6.07) is 2.27. The average Bonchev–Trinajstić information content (AvgIpc) is 2.57. The van der Waals surface area contributed by atoms with E-state index in [1.165, 1.54) is 0 Å². The van der Waals surface area contributed by atoms with Crippen LogP contribution < -0.4 is 5.32 Å². The molecule has 74 valence electrons. The molecule has 1 atom stereocenters. The van der Waals surface area contributed by atoms with Crippen LogP contribution in [-0.4, -0.2) is 25.8 Å². The first kappa shape index (κ1) is 10.5. The third-order valence-electron chi connectivity index (χ3n) is 2.40. The molecule has 1 heterocycles. The Morgan fingerprint density at radius 1 is 1.62 bits per heavy atom. The summed E-state index contributed by atoms with van der Waals surface area (Å²) >= 11 is 0. The summed E-state index contributed by atoms with van der Waals surface area (Å²) in [5, 5.41) is 12.0. The van der Waals surface area contributed by atoms with Crippen molar-refractivity contribution in [3.63, 3.8) is 0 Å². The van der Waals surface area contributed by atoms with Crippen molar-refractivity contribution in [1.82, 2.24) is 5.32 Å². The van der Waals surface area contributed by atoms with Crippen LogP contribution in [0.3, 0.4) is 0 Å². The van der Waals surface area contributed by atoms with Gasteiger partial charge in [-0.1, -0.05) is 0 Å². The molecule has 0 aromatic heterocycles. The predicted octanol–water partition coefficient (Wildman–Crippen LogP) is 1.30. The summed E-state index contributed by atoms with van der Waals surface area (Å²) in [4.78, 5) is 0. The Kier molecular flexibility index (Phi) is 3.71. The van der Waals surface area contributed by atoms with Gasteiger partial charge in [0.2, 0.25) is 0 Å². The van der Waals surface area contributed by atoms with Crippen molar-refractivity contribution in [1.29, 1.82) is 5.26 Å². The molecule has 3 heteroatoms. The fourth-order valence-corrected chi connectivity index (χ4v) is 1.31. The molecule has 0 spiro atoms. The molecule has 0 amide bonds. The highest BCUT2D eigenvalue weighted by atomic mass is 16.5. The van der Waals surface area contributed by atoms with Crippen molar-refractivity contribution in [2.45, 2.75) is 32.8 Å². The van der Waals surface area contributed by atoms with E-state index in [1.807, 2.05) is 13.8 Å². The fraction of sp³-hybridized carbons (Fsp3) is 0.900. The molecule has 1 aliphatic rings. The third kappa shape index (κ3) is 3.75. The van der Waals surface area contributed by atoms with Gasteiger partial charge in [-0.2, -0.15) is 5.26 Å². The fourth-order valence-electron chi connectivity index (χ4n) is 1.31. The van der Waals surface area contributed by atoms with E-state index >= 15 is 0 Å². The van der Waals surface area contributed by atoms with Crippen molar-refractivity contribution in [3.05, 3.63) is 0 Å². The predicted molar refractivity (Wildman–Crippen MR) is 51.2 cm³/mol. The number of nitrogens with one attached hydrogen (secondary N) is 1. The minimum absolute atomic E-state index is 0.244. The summed E-state index contributed by atoms with van der Waals surface area (Å²) in [7, 11) is 0. The standard InChI is InChI=1S/C10H18N2O/c1-10(2,8-11)4-6-13-9-3-5-12-7-9/h9,12H,3-7H2,1-2H3. The van der Waals surface area contributed by atoms with Crippen LogP contribution in [0, 0.1) is 16.7 Å². The highest BCUT2D eigenvalue weighted by Crippen LogP contribution is 2.18. The zero-order valence-corrected chi connectivity index (χ0v) is 8.47. The summed E-state index contributed by atoms with van der Waals surface area (Å²) in [6.07, 6.45) is 2.29. The van der Waals surface area contributed by atoms with Gasteiger partial charge in [0, 0.05) is 13.2 Å². The van der Waals surface area contributed by atoms with E-state index in [4.69, 9.17) is 10.00 Å². The van der Waals surface area contributed by atoms with E-state index in [2.05, 4.69) is 11.4 Å². The van der Waals surface area contributed by atoms with Crippen molar-refractivity contribution in [2.75, 3.05) is 19.7 Å². The zero-order chi connectivity index (χ0) is 9.73. The monoisotopic (exact) mass is 182 g/mol.